The summed E-state index contributed by atoms with van der Waals surface area (Å²) < 4.78 is 5.54. The Morgan fingerprint density at radius 3 is 2.52 bits per heavy atom. The molecule has 128 valence electrons. The van der Waals surface area contributed by atoms with Gasteiger partial charge < -0.3 is 9.52 Å². The minimum absolute atomic E-state index is 0.136. The van der Waals surface area contributed by atoms with Gasteiger partial charge in [-0.25, -0.2) is 0 Å². The van der Waals surface area contributed by atoms with E-state index in [-0.39, 0.29) is 23.8 Å². The predicted octanol–water partition coefficient (Wildman–Crippen LogP) is 2.84. The number of rotatable bonds is 4. The first kappa shape index (κ1) is 16.6. The second kappa shape index (κ2) is 7.09. The number of carbonyl (C=O) groups is 2. The van der Waals surface area contributed by atoms with Crippen molar-refractivity contribution in [1.82, 2.24) is 10.9 Å². The number of benzene rings is 2. The summed E-state index contributed by atoms with van der Waals surface area (Å²) in [5, 5.41) is 10.5. The lowest BCUT2D eigenvalue weighted by Gasteiger charge is -2.07. The third-order valence-corrected chi connectivity index (χ3v) is 3.98. The Morgan fingerprint density at radius 2 is 1.76 bits per heavy atom. The molecule has 1 aromatic heterocycles. The van der Waals surface area contributed by atoms with Crippen molar-refractivity contribution in [3.05, 3.63) is 65.4 Å². The van der Waals surface area contributed by atoms with Gasteiger partial charge >= 0.3 is 5.91 Å². The van der Waals surface area contributed by atoms with Gasteiger partial charge in [0.2, 0.25) is 5.91 Å². The molecule has 2 aromatic carbocycles. The molecule has 0 aliphatic heterocycles. The molecule has 0 aliphatic rings. The van der Waals surface area contributed by atoms with Crippen LogP contribution in [0.2, 0.25) is 0 Å². The number of hydrogen-bond acceptors (Lipinski definition) is 4. The average Bonchev–Trinajstić information content (AvgIpc) is 2.96. The maximum atomic E-state index is 12.2. The van der Waals surface area contributed by atoms with Crippen LogP contribution in [0.4, 0.5) is 0 Å². The molecule has 3 N–H and O–H groups in total. The summed E-state index contributed by atoms with van der Waals surface area (Å²) in [7, 11) is 0. The number of fused-ring (bicyclic) bond motifs is 1. The second-order valence-corrected chi connectivity index (χ2v) is 5.68. The number of aryl methyl sites for hydroxylation is 2. The molecular formula is C19H18N2O4. The number of phenolic OH excluding ortho intramolecular Hbond substituents is 1. The second-order valence-electron chi connectivity index (χ2n) is 5.68. The number of hydrogen-bond donors (Lipinski definition) is 3. The van der Waals surface area contributed by atoms with Crippen LogP contribution in [0.3, 0.4) is 0 Å². The molecule has 6 nitrogen and oxygen atoms in total. The van der Waals surface area contributed by atoms with Crippen molar-refractivity contribution in [2.75, 3.05) is 0 Å². The van der Waals surface area contributed by atoms with Gasteiger partial charge in [0, 0.05) is 17.4 Å². The molecule has 0 saturated heterocycles. The van der Waals surface area contributed by atoms with E-state index in [1.807, 2.05) is 18.2 Å². The van der Waals surface area contributed by atoms with E-state index in [1.165, 1.54) is 0 Å². The minimum Gasteiger partial charge on any atom is -0.508 e. The van der Waals surface area contributed by atoms with Crippen molar-refractivity contribution in [2.45, 2.75) is 19.8 Å². The predicted molar refractivity (Wildman–Crippen MR) is 93.0 cm³/mol. The van der Waals surface area contributed by atoms with Gasteiger partial charge in [0.25, 0.3) is 0 Å². The standard InChI is InChI=1S/C19H18N2O4/c1-12-14-7-3-5-9-16(14)25-18(12)19(24)21-20-17(23)11-10-13-6-2-4-8-15(13)22/h2-9,22H,10-11H2,1H3,(H,20,23)(H,21,24). The van der Waals surface area contributed by atoms with E-state index in [0.29, 0.717) is 17.6 Å². The summed E-state index contributed by atoms with van der Waals surface area (Å²) in [6.45, 7) is 1.79. The Morgan fingerprint density at radius 1 is 1.04 bits per heavy atom. The van der Waals surface area contributed by atoms with Crippen molar-refractivity contribution in [3.8, 4) is 5.75 Å². The van der Waals surface area contributed by atoms with Crippen LogP contribution in [-0.2, 0) is 11.2 Å². The Hall–Kier alpha value is -3.28. The molecule has 0 unspecified atom stereocenters. The molecule has 0 fully saturated rings. The Kier molecular flexibility index (Phi) is 4.70. The van der Waals surface area contributed by atoms with Gasteiger partial charge in [-0.2, -0.15) is 0 Å². The molecule has 2 amide bonds. The lowest BCUT2D eigenvalue weighted by atomic mass is 10.1. The van der Waals surface area contributed by atoms with Gasteiger partial charge in [-0.05, 0) is 31.0 Å². The molecule has 0 saturated carbocycles. The van der Waals surface area contributed by atoms with Crippen LogP contribution in [0.5, 0.6) is 5.75 Å². The third kappa shape index (κ3) is 3.63. The average molecular weight is 338 g/mol. The van der Waals surface area contributed by atoms with Crippen molar-refractivity contribution < 1.29 is 19.1 Å². The summed E-state index contributed by atoms with van der Waals surface area (Å²) >= 11 is 0. The quantitative estimate of drug-likeness (QED) is 0.638. The number of phenols is 1. The van der Waals surface area contributed by atoms with Crippen molar-refractivity contribution >= 4 is 22.8 Å². The smallest absolute Gasteiger partial charge is 0.305 e. The molecule has 3 aromatic rings. The third-order valence-electron chi connectivity index (χ3n) is 3.98. The summed E-state index contributed by atoms with van der Waals surface area (Å²) in [5.74, 6) is -0.547. The lowest BCUT2D eigenvalue weighted by molar-refractivity contribution is -0.121. The zero-order valence-corrected chi connectivity index (χ0v) is 13.7. The zero-order chi connectivity index (χ0) is 17.8. The molecule has 1 heterocycles. The first-order chi connectivity index (χ1) is 12.1. The Balaban J connectivity index is 1.57. The minimum atomic E-state index is -0.510. The molecule has 25 heavy (non-hydrogen) atoms. The summed E-state index contributed by atoms with van der Waals surface area (Å²) in [6, 6.07) is 14.2. The molecule has 0 spiro atoms. The largest absolute Gasteiger partial charge is 0.508 e. The Bertz CT molecular complexity index is 930. The molecule has 3 rings (SSSR count). The van der Waals surface area contributed by atoms with E-state index < -0.39 is 5.91 Å². The van der Waals surface area contributed by atoms with Crippen LogP contribution in [0.15, 0.2) is 52.9 Å². The number of aromatic hydroxyl groups is 1. The van der Waals surface area contributed by atoms with E-state index >= 15 is 0 Å². The fraction of sp³-hybridized carbons (Fsp3) is 0.158. The van der Waals surface area contributed by atoms with Crippen molar-refractivity contribution in [2.24, 2.45) is 0 Å². The molecule has 0 bridgehead atoms. The van der Waals surface area contributed by atoms with Crippen LogP contribution < -0.4 is 10.9 Å². The first-order valence-electron chi connectivity index (χ1n) is 7.90. The van der Waals surface area contributed by atoms with Gasteiger partial charge in [0.15, 0.2) is 5.76 Å². The van der Waals surface area contributed by atoms with Crippen LogP contribution >= 0.6 is 0 Å². The van der Waals surface area contributed by atoms with Crippen molar-refractivity contribution in [1.29, 1.82) is 0 Å². The van der Waals surface area contributed by atoms with Gasteiger partial charge in [0.05, 0.1) is 0 Å². The fourth-order valence-electron chi connectivity index (χ4n) is 2.61. The van der Waals surface area contributed by atoms with Crippen LogP contribution in [0, 0.1) is 6.92 Å². The molecule has 6 heteroatoms. The molecule has 0 radical (unpaired) electrons. The van der Waals surface area contributed by atoms with Crippen LogP contribution in [0.25, 0.3) is 11.0 Å². The van der Waals surface area contributed by atoms with E-state index in [2.05, 4.69) is 10.9 Å². The SMILES string of the molecule is Cc1c(C(=O)NNC(=O)CCc2ccccc2O)oc2ccccc12. The molecular weight excluding hydrogens is 320 g/mol. The van der Waals surface area contributed by atoms with Gasteiger partial charge in [-0.15, -0.1) is 0 Å². The van der Waals surface area contributed by atoms with Gasteiger partial charge in [-0.3, -0.25) is 20.4 Å². The summed E-state index contributed by atoms with van der Waals surface area (Å²) in [6.07, 6.45) is 0.509. The monoisotopic (exact) mass is 338 g/mol. The highest BCUT2D eigenvalue weighted by molar-refractivity contribution is 5.99. The lowest BCUT2D eigenvalue weighted by Crippen LogP contribution is -2.41. The highest BCUT2D eigenvalue weighted by Gasteiger charge is 2.17. The number of para-hydroxylation sites is 2. The normalized spacial score (nSPS) is 10.6. The highest BCUT2D eigenvalue weighted by Crippen LogP contribution is 2.24. The maximum absolute atomic E-state index is 12.2. The molecule has 0 atom stereocenters. The van der Waals surface area contributed by atoms with Crippen LogP contribution in [0.1, 0.15) is 28.1 Å². The Labute approximate surface area is 144 Å². The molecule has 0 aliphatic carbocycles. The number of furan rings is 1. The number of nitrogens with one attached hydrogen (secondary N) is 2. The highest BCUT2D eigenvalue weighted by atomic mass is 16.3. The fourth-order valence-corrected chi connectivity index (χ4v) is 2.61. The zero-order valence-electron chi connectivity index (χ0n) is 13.7. The number of amides is 2. The van der Waals surface area contributed by atoms with E-state index in [4.69, 9.17) is 4.42 Å². The summed E-state index contributed by atoms with van der Waals surface area (Å²) in [5.41, 5.74) is 6.74. The summed E-state index contributed by atoms with van der Waals surface area (Å²) in [4.78, 5) is 24.1. The topological polar surface area (TPSA) is 91.6 Å². The maximum Gasteiger partial charge on any atom is 0.305 e. The van der Waals surface area contributed by atoms with Crippen molar-refractivity contribution in [3.63, 3.8) is 0 Å². The van der Waals surface area contributed by atoms with E-state index in [9.17, 15) is 14.7 Å². The number of hydrazine groups is 1. The van der Waals surface area contributed by atoms with E-state index in [1.54, 1.807) is 37.3 Å². The van der Waals surface area contributed by atoms with E-state index in [0.717, 1.165) is 10.9 Å². The number of carbonyl (C=O) groups excluding carboxylic acids is 2. The van der Waals surface area contributed by atoms with Crippen LogP contribution in [-0.4, -0.2) is 16.9 Å². The van der Waals surface area contributed by atoms with Gasteiger partial charge in [0.1, 0.15) is 11.3 Å². The van der Waals surface area contributed by atoms with Gasteiger partial charge in [-0.1, -0.05) is 36.4 Å². The first-order valence-corrected chi connectivity index (χ1v) is 7.90.